The first-order valence-corrected chi connectivity index (χ1v) is 10.1. The summed E-state index contributed by atoms with van der Waals surface area (Å²) in [5.41, 5.74) is 5.95. The number of nitrogens with one attached hydrogen (secondary N) is 1. The van der Waals surface area contributed by atoms with E-state index in [0.29, 0.717) is 17.0 Å². The highest BCUT2D eigenvalue weighted by Gasteiger charge is 2.18. The number of aromatic carboxylic acids is 1. The van der Waals surface area contributed by atoms with Crippen LogP contribution in [0.4, 0.5) is 5.13 Å². The molecule has 156 valence electrons. The monoisotopic (exact) mass is 419 g/mol. The molecule has 1 fully saturated rings. The second-order valence-electron chi connectivity index (χ2n) is 6.66. The molecule has 8 nitrogen and oxygen atoms in total. The second-order valence-corrected chi connectivity index (χ2v) is 7.66. The first-order valence-electron chi connectivity index (χ1n) is 9.27. The number of hydrogen-bond donors (Lipinski definition) is 3. The van der Waals surface area contributed by atoms with Crippen LogP contribution in [0.3, 0.4) is 0 Å². The molecule has 4 N–H and O–H groups in total. The largest absolute Gasteiger partial charge is 0.497 e. The molecule has 1 saturated carbocycles. The van der Waals surface area contributed by atoms with E-state index in [4.69, 9.17) is 15.6 Å². The summed E-state index contributed by atoms with van der Waals surface area (Å²) in [5, 5.41) is 11.8. The summed E-state index contributed by atoms with van der Waals surface area (Å²) in [6.45, 7) is 1.59. The van der Waals surface area contributed by atoms with E-state index in [1.807, 2.05) is 0 Å². The Morgan fingerprint density at radius 3 is 2.24 bits per heavy atom. The molecular weight excluding hydrogens is 394 g/mol. The van der Waals surface area contributed by atoms with Crippen molar-refractivity contribution in [2.75, 3.05) is 12.4 Å². The molecule has 1 aliphatic carbocycles. The van der Waals surface area contributed by atoms with Crippen molar-refractivity contribution >= 4 is 34.3 Å². The van der Waals surface area contributed by atoms with Gasteiger partial charge in [0.05, 0.1) is 12.8 Å². The minimum atomic E-state index is -1.05. The number of nitrogens with two attached hydrogens (primary N) is 1. The number of nitrogens with zero attached hydrogens (tertiary/aromatic N) is 1. The number of aryl methyl sites for hydroxylation is 1. The summed E-state index contributed by atoms with van der Waals surface area (Å²) >= 11 is 0.931. The predicted molar refractivity (Wildman–Crippen MR) is 111 cm³/mol. The second kappa shape index (κ2) is 10.6. The Bertz CT molecular complexity index is 858. The standard InChI is InChI=1S/C13H12N2O4S.C7H13NO/c1-7-10(12(17)18)20-13(14-7)15-11(16)8-3-5-9(19-2)6-4-8;8-7(9)6-4-2-1-3-5-6/h3-6H,1-2H3,(H,17,18)(H,14,15,16);6H,1-5H2,(H2,8,9). The number of ether oxygens (including phenoxy) is 1. The van der Waals surface area contributed by atoms with Gasteiger partial charge in [0.25, 0.3) is 5.91 Å². The predicted octanol–water partition coefficient (Wildman–Crippen LogP) is 3.46. The number of anilines is 1. The van der Waals surface area contributed by atoms with Crippen molar-refractivity contribution in [2.24, 2.45) is 11.7 Å². The molecule has 1 aliphatic rings. The van der Waals surface area contributed by atoms with Gasteiger partial charge in [0.1, 0.15) is 10.6 Å². The maximum absolute atomic E-state index is 12.0. The molecule has 1 heterocycles. The maximum Gasteiger partial charge on any atom is 0.347 e. The Morgan fingerprint density at radius 1 is 1.17 bits per heavy atom. The average molecular weight is 420 g/mol. The van der Waals surface area contributed by atoms with E-state index in [1.165, 1.54) is 19.3 Å². The van der Waals surface area contributed by atoms with Crippen LogP contribution in [0.25, 0.3) is 0 Å². The highest BCUT2D eigenvalue weighted by molar-refractivity contribution is 7.17. The van der Waals surface area contributed by atoms with Crippen LogP contribution < -0.4 is 15.8 Å². The van der Waals surface area contributed by atoms with Crippen LogP contribution >= 0.6 is 11.3 Å². The van der Waals surface area contributed by atoms with E-state index < -0.39 is 5.97 Å². The van der Waals surface area contributed by atoms with Gasteiger partial charge in [-0.1, -0.05) is 30.6 Å². The van der Waals surface area contributed by atoms with E-state index in [1.54, 1.807) is 38.3 Å². The Morgan fingerprint density at radius 2 is 1.79 bits per heavy atom. The average Bonchev–Trinajstić information content (AvgIpc) is 3.09. The number of thiazole rings is 1. The van der Waals surface area contributed by atoms with Crippen molar-refractivity contribution in [2.45, 2.75) is 39.0 Å². The molecule has 0 aliphatic heterocycles. The molecule has 2 amide bonds. The van der Waals surface area contributed by atoms with Gasteiger partial charge in [-0.3, -0.25) is 14.9 Å². The zero-order valence-corrected chi connectivity index (χ0v) is 17.3. The lowest BCUT2D eigenvalue weighted by atomic mass is 9.89. The van der Waals surface area contributed by atoms with Crippen LogP contribution in [0.15, 0.2) is 24.3 Å². The molecule has 9 heteroatoms. The summed E-state index contributed by atoms with van der Waals surface area (Å²) < 4.78 is 5.01. The molecule has 1 aromatic carbocycles. The molecule has 0 spiro atoms. The fourth-order valence-corrected chi connectivity index (χ4v) is 3.75. The lowest BCUT2D eigenvalue weighted by Crippen LogP contribution is -2.24. The van der Waals surface area contributed by atoms with E-state index in [2.05, 4.69) is 10.3 Å². The molecule has 2 aromatic rings. The van der Waals surface area contributed by atoms with Crippen molar-refractivity contribution in [3.05, 3.63) is 40.4 Å². The van der Waals surface area contributed by atoms with Gasteiger partial charge in [-0.25, -0.2) is 9.78 Å². The lowest BCUT2D eigenvalue weighted by molar-refractivity contribution is -0.122. The number of hydrogen-bond acceptors (Lipinski definition) is 6. The van der Waals surface area contributed by atoms with Crippen molar-refractivity contribution < 1.29 is 24.2 Å². The number of carboxylic acid groups (broad SMARTS) is 1. The van der Waals surface area contributed by atoms with Crippen molar-refractivity contribution in [3.63, 3.8) is 0 Å². The van der Waals surface area contributed by atoms with Crippen LogP contribution in [0.5, 0.6) is 5.75 Å². The minimum Gasteiger partial charge on any atom is -0.497 e. The molecule has 0 saturated heterocycles. The molecule has 1 aromatic heterocycles. The number of aromatic nitrogens is 1. The molecule has 3 rings (SSSR count). The maximum atomic E-state index is 12.0. The number of methoxy groups -OCH3 is 1. The highest BCUT2D eigenvalue weighted by Crippen LogP contribution is 2.24. The topological polar surface area (TPSA) is 132 Å². The Kier molecular flexibility index (Phi) is 8.14. The third-order valence-electron chi connectivity index (χ3n) is 4.57. The van der Waals surface area contributed by atoms with Crippen molar-refractivity contribution in [1.82, 2.24) is 4.98 Å². The van der Waals surface area contributed by atoms with Crippen molar-refractivity contribution in [3.8, 4) is 5.75 Å². The fourth-order valence-electron chi connectivity index (χ4n) is 2.95. The third-order valence-corrected chi connectivity index (χ3v) is 5.63. The fraction of sp³-hybridized carbons (Fsp3) is 0.400. The normalized spacial score (nSPS) is 13.7. The van der Waals surface area contributed by atoms with Gasteiger partial charge in [0.15, 0.2) is 5.13 Å². The number of amides is 2. The molecule has 0 radical (unpaired) electrons. The van der Waals surface area contributed by atoms with Crippen LogP contribution in [0.1, 0.15) is 57.8 Å². The minimum absolute atomic E-state index is 0.102. The quantitative estimate of drug-likeness (QED) is 0.680. The first-order chi connectivity index (χ1) is 13.8. The molecule has 0 unspecified atom stereocenters. The number of rotatable bonds is 5. The van der Waals surface area contributed by atoms with E-state index in [9.17, 15) is 14.4 Å². The Balaban J connectivity index is 0.000000278. The van der Waals surface area contributed by atoms with Crippen LogP contribution in [0.2, 0.25) is 0 Å². The Labute approximate surface area is 173 Å². The van der Waals surface area contributed by atoms with E-state index in [0.717, 1.165) is 24.2 Å². The van der Waals surface area contributed by atoms with E-state index >= 15 is 0 Å². The number of carboxylic acids is 1. The first kappa shape index (κ1) is 22.4. The SMILES string of the molecule is COc1ccc(C(=O)Nc2nc(C)c(C(=O)O)s2)cc1.NC(=O)C1CCCCC1. The van der Waals surface area contributed by atoms with Gasteiger partial charge >= 0.3 is 5.97 Å². The molecule has 0 bridgehead atoms. The number of primary amides is 1. The third kappa shape index (κ3) is 6.56. The summed E-state index contributed by atoms with van der Waals surface area (Å²) in [7, 11) is 1.54. The van der Waals surface area contributed by atoms with Gasteiger partial charge < -0.3 is 15.6 Å². The van der Waals surface area contributed by atoms with E-state index in [-0.39, 0.29) is 27.7 Å². The summed E-state index contributed by atoms with van der Waals surface area (Å²) in [6.07, 6.45) is 5.70. The number of carbonyl (C=O) groups is 3. The zero-order valence-electron chi connectivity index (χ0n) is 16.4. The van der Waals surface area contributed by atoms with Crippen molar-refractivity contribution in [1.29, 1.82) is 0 Å². The van der Waals surface area contributed by atoms with Gasteiger partial charge in [0.2, 0.25) is 5.91 Å². The number of carbonyl (C=O) groups excluding carboxylic acids is 2. The van der Waals surface area contributed by atoms with Crippen LogP contribution in [0, 0.1) is 12.8 Å². The van der Waals surface area contributed by atoms with Gasteiger partial charge in [0, 0.05) is 11.5 Å². The van der Waals surface area contributed by atoms with Gasteiger partial charge in [-0.15, -0.1) is 0 Å². The van der Waals surface area contributed by atoms with Crippen LogP contribution in [-0.2, 0) is 4.79 Å². The highest BCUT2D eigenvalue weighted by atomic mass is 32.1. The summed E-state index contributed by atoms with van der Waals surface area (Å²) in [4.78, 5) is 37.6. The van der Waals surface area contributed by atoms with Gasteiger partial charge in [-0.05, 0) is 44.0 Å². The molecular formula is C20H25N3O5S. The zero-order chi connectivity index (χ0) is 21.4. The Hall–Kier alpha value is -2.94. The smallest absolute Gasteiger partial charge is 0.347 e. The summed E-state index contributed by atoms with van der Waals surface area (Å²) in [5.74, 6) is -0.656. The number of benzene rings is 1. The molecule has 0 atom stereocenters. The molecule has 29 heavy (non-hydrogen) atoms. The van der Waals surface area contributed by atoms with Crippen LogP contribution in [-0.4, -0.2) is 35.0 Å². The van der Waals surface area contributed by atoms with Gasteiger partial charge in [-0.2, -0.15) is 0 Å². The lowest BCUT2D eigenvalue weighted by Gasteiger charge is -2.17. The summed E-state index contributed by atoms with van der Waals surface area (Å²) in [6, 6.07) is 6.58.